The molecule has 0 aliphatic heterocycles. The van der Waals surface area contributed by atoms with E-state index >= 15 is 0 Å². The third kappa shape index (κ3) is 4.54. The molecule has 0 saturated heterocycles. The highest BCUT2D eigenvalue weighted by atomic mass is 32.2. The number of nitrogens with two attached hydrogens (primary N) is 1. The SMILES string of the molecule is CN(C)CCCN(c1ccc(N)cc1)S(C)(=O)=O. The van der Waals surface area contributed by atoms with Crippen molar-refractivity contribution in [3.8, 4) is 0 Å². The van der Waals surface area contributed by atoms with Gasteiger partial charge in [-0.1, -0.05) is 0 Å². The highest BCUT2D eigenvalue weighted by Crippen LogP contribution is 2.19. The first-order valence-electron chi connectivity index (χ1n) is 5.78. The molecule has 0 aliphatic rings. The lowest BCUT2D eigenvalue weighted by Crippen LogP contribution is -2.32. The lowest BCUT2D eigenvalue weighted by atomic mass is 10.3. The minimum Gasteiger partial charge on any atom is -0.399 e. The van der Waals surface area contributed by atoms with Crippen LogP contribution in [-0.2, 0) is 10.0 Å². The average molecular weight is 271 g/mol. The van der Waals surface area contributed by atoms with E-state index in [0.29, 0.717) is 17.9 Å². The van der Waals surface area contributed by atoms with E-state index in [1.165, 1.54) is 10.6 Å². The molecule has 0 radical (unpaired) electrons. The molecule has 0 saturated carbocycles. The Kier molecular flexibility index (Phi) is 4.98. The maximum atomic E-state index is 11.8. The van der Waals surface area contributed by atoms with Crippen LogP contribution in [0.4, 0.5) is 11.4 Å². The zero-order valence-corrected chi connectivity index (χ0v) is 11.9. The number of nitrogens with zero attached hydrogens (tertiary/aromatic N) is 2. The van der Waals surface area contributed by atoms with Crippen LogP contribution < -0.4 is 10.0 Å². The van der Waals surface area contributed by atoms with Crippen molar-refractivity contribution in [2.45, 2.75) is 6.42 Å². The van der Waals surface area contributed by atoms with Crippen LogP contribution in [0.1, 0.15) is 6.42 Å². The van der Waals surface area contributed by atoms with Crippen molar-refractivity contribution in [2.24, 2.45) is 0 Å². The molecular weight excluding hydrogens is 250 g/mol. The summed E-state index contributed by atoms with van der Waals surface area (Å²) >= 11 is 0. The van der Waals surface area contributed by atoms with Crippen molar-refractivity contribution in [1.29, 1.82) is 0 Å². The highest BCUT2D eigenvalue weighted by Gasteiger charge is 2.16. The molecule has 0 amide bonds. The summed E-state index contributed by atoms with van der Waals surface area (Å²) in [4.78, 5) is 2.03. The van der Waals surface area contributed by atoms with Gasteiger partial charge < -0.3 is 10.6 Å². The lowest BCUT2D eigenvalue weighted by Gasteiger charge is -2.23. The predicted octanol–water partition coefficient (Wildman–Crippen LogP) is 0.987. The van der Waals surface area contributed by atoms with E-state index in [1.807, 2.05) is 19.0 Å². The molecule has 0 heterocycles. The lowest BCUT2D eigenvalue weighted by molar-refractivity contribution is 0.403. The van der Waals surface area contributed by atoms with Gasteiger partial charge in [0.15, 0.2) is 0 Å². The van der Waals surface area contributed by atoms with Crippen molar-refractivity contribution in [3.63, 3.8) is 0 Å². The summed E-state index contributed by atoms with van der Waals surface area (Å²) in [7, 11) is 0.678. The summed E-state index contributed by atoms with van der Waals surface area (Å²) in [6.07, 6.45) is 2.00. The van der Waals surface area contributed by atoms with Gasteiger partial charge in [0, 0.05) is 12.2 Å². The first-order valence-corrected chi connectivity index (χ1v) is 7.63. The highest BCUT2D eigenvalue weighted by molar-refractivity contribution is 7.92. The van der Waals surface area contributed by atoms with Crippen molar-refractivity contribution < 1.29 is 8.42 Å². The van der Waals surface area contributed by atoms with Gasteiger partial charge in [-0.15, -0.1) is 0 Å². The molecule has 0 bridgehead atoms. The van der Waals surface area contributed by atoms with Gasteiger partial charge in [-0.25, -0.2) is 8.42 Å². The fraction of sp³-hybridized carbons (Fsp3) is 0.500. The molecule has 0 atom stereocenters. The van der Waals surface area contributed by atoms with Crippen LogP contribution in [0.2, 0.25) is 0 Å². The number of nitrogen functional groups attached to an aromatic ring is 1. The number of benzene rings is 1. The van der Waals surface area contributed by atoms with E-state index in [4.69, 9.17) is 5.73 Å². The smallest absolute Gasteiger partial charge is 0.232 e. The topological polar surface area (TPSA) is 66.6 Å². The molecule has 102 valence electrons. The molecular formula is C12H21N3O2S. The van der Waals surface area contributed by atoms with Crippen LogP contribution in [0.15, 0.2) is 24.3 Å². The van der Waals surface area contributed by atoms with Crippen LogP contribution in [-0.4, -0.2) is 46.8 Å². The van der Waals surface area contributed by atoms with Crippen LogP contribution in [0.25, 0.3) is 0 Å². The van der Waals surface area contributed by atoms with Crippen molar-refractivity contribution in [1.82, 2.24) is 4.90 Å². The van der Waals surface area contributed by atoms with Gasteiger partial charge in [-0.2, -0.15) is 0 Å². The fourth-order valence-corrected chi connectivity index (χ4v) is 2.62. The van der Waals surface area contributed by atoms with Crippen LogP contribution in [0.5, 0.6) is 0 Å². The molecule has 0 aromatic heterocycles. The average Bonchev–Trinajstić information content (AvgIpc) is 2.24. The Bertz CT molecular complexity index is 469. The number of anilines is 2. The minimum absolute atomic E-state index is 0.473. The van der Waals surface area contributed by atoms with Gasteiger partial charge in [0.2, 0.25) is 10.0 Å². The Hall–Kier alpha value is -1.27. The molecule has 1 aromatic carbocycles. The molecule has 0 fully saturated rings. The zero-order valence-electron chi connectivity index (χ0n) is 11.1. The van der Waals surface area contributed by atoms with Gasteiger partial charge in [0.1, 0.15) is 0 Å². The number of rotatable bonds is 6. The summed E-state index contributed by atoms with van der Waals surface area (Å²) in [6, 6.07) is 6.87. The van der Waals surface area contributed by atoms with E-state index in [9.17, 15) is 8.42 Å². The fourth-order valence-electron chi connectivity index (χ4n) is 1.66. The van der Waals surface area contributed by atoms with E-state index in [0.717, 1.165) is 13.0 Å². The van der Waals surface area contributed by atoms with Gasteiger partial charge in [-0.3, -0.25) is 4.31 Å². The summed E-state index contributed by atoms with van der Waals surface area (Å²) in [6.45, 7) is 1.32. The first kappa shape index (κ1) is 14.8. The molecule has 1 aromatic rings. The summed E-state index contributed by atoms with van der Waals surface area (Å²) in [5, 5.41) is 0. The number of hydrogen-bond donors (Lipinski definition) is 1. The standard InChI is InChI=1S/C12H21N3O2S/c1-14(2)9-4-10-15(18(3,16)17)12-7-5-11(13)6-8-12/h5-8H,4,9-10,13H2,1-3H3. The monoisotopic (exact) mass is 271 g/mol. The Morgan fingerprint density at radius 2 is 1.67 bits per heavy atom. The van der Waals surface area contributed by atoms with Crippen LogP contribution >= 0.6 is 0 Å². The Balaban J connectivity index is 2.83. The second-order valence-electron chi connectivity index (χ2n) is 4.58. The second kappa shape index (κ2) is 6.06. The molecule has 5 nitrogen and oxygen atoms in total. The van der Waals surface area contributed by atoms with E-state index in [1.54, 1.807) is 24.3 Å². The summed E-state index contributed by atoms with van der Waals surface area (Å²) in [5.41, 5.74) is 6.88. The van der Waals surface area contributed by atoms with Gasteiger partial charge in [-0.05, 0) is 51.3 Å². The maximum absolute atomic E-state index is 11.8. The van der Waals surface area contributed by atoms with Crippen molar-refractivity contribution in [2.75, 3.05) is 43.5 Å². The normalized spacial score (nSPS) is 11.8. The predicted molar refractivity (Wildman–Crippen MR) is 76.2 cm³/mol. The number of sulfonamides is 1. The van der Waals surface area contributed by atoms with Crippen LogP contribution in [0.3, 0.4) is 0 Å². The molecule has 0 unspecified atom stereocenters. The zero-order chi connectivity index (χ0) is 13.8. The van der Waals surface area contributed by atoms with E-state index in [2.05, 4.69) is 0 Å². The van der Waals surface area contributed by atoms with E-state index in [-0.39, 0.29) is 0 Å². The largest absolute Gasteiger partial charge is 0.399 e. The van der Waals surface area contributed by atoms with Crippen molar-refractivity contribution in [3.05, 3.63) is 24.3 Å². The second-order valence-corrected chi connectivity index (χ2v) is 6.49. The third-order valence-electron chi connectivity index (χ3n) is 2.55. The molecule has 0 spiro atoms. The van der Waals surface area contributed by atoms with Crippen molar-refractivity contribution >= 4 is 21.4 Å². The molecule has 1 rings (SSSR count). The molecule has 6 heteroatoms. The molecule has 18 heavy (non-hydrogen) atoms. The minimum atomic E-state index is -3.25. The Labute approximate surface area is 109 Å². The van der Waals surface area contributed by atoms with Gasteiger partial charge in [0.25, 0.3) is 0 Å². The van der Waals surface area contributed by atoms with E-state index < -0.39 is 10.0 Å². The number of hydrogen-bond acceptors (Lipinski definition) is 4. The Morgan fingerprint density at radius 1 is 1.11 bits per heavy atom. The molecule has 2 N–H and O–H groups in total. The van der Waals surface area contributed by atoms with Gasteiger partial charge >= 0.3 is 0 Å². The quantitative estimate of drug-likeness (QED) is 0.783. The Morgan fingerprint density at radius 3 is 2.11 bits per heavy atom. The third-order valence-corrected chi connectivity index (χ3v) is 3.74. The molecule has 0 aliphatic carbocycles. The maximum Gasteiger partial charge on any atom is 0.232 e. The first-order chi connectivity index (χ1) is 8.30. The summed E-state index contributed by atoms with van der Waals surface area (Å²) in [5.74, 6) is 0. The van der Waals surface area contributed by atoms with Gasteiger partial charge in [0.05, 0.1) is 11.9 Å². The summed E-state index contributed by atoms with van der Waals surface area (Å²) < 4.78 is 25.0. The van der Waals surface area contributed by atoms with Crippen LogP contribution in [0, 0.1) is 0 Å².